The number of rotatable bonds is 9. The van der Waals surface area contributed by atoms with Crippen LogP contribution in [0.15, 0.2) is 24.3 Å². The van der Waals surface area contributed by atoms with Gasteiger partial charge in [-0.15, -0.1) is 0 Å². The lowest BCUT2D eigenvalue weighted by Gasteiger charge is -2.23. The molecule has 0 spiro atoms. The average Bonchev–Trinajstić information content (AvgIpc) is 2.50. The number of hydrogen-bond donors (Lipinski definition) is 2. The van der Waals surface area contributed by atoms with Gasteiger partial charge in [-0.3, -0.25) is 4.79 Å². The van der Waals surface area contributed by atoms with Crippen molar-refractivity contribution in [2.45, 2.75) is 44.8 Å². The van der Waals surface area contributed by atoms with E-state index in [4.69, 9.17) is 0 Å². The van der Waals surface area contributed by atoms with Crippen molar-refractivity contribution in [2.75, 3.05) is 13.7 Å². The van der Waals surface area contributed by atoms with Crippen LogP contribution in [-0.2, 0) is 9.53 Å². The van der Waals surface area contributed by atoms with Crippen LogP contribution in [0.25, 0.3) is 0 Å². The lowest BCUT2D eigenvalue weighted by molar-refractivity contribution is -0.142. The second-order valence-corrected chi connectivity index (χ2v) is 5.04. The first-order chi connectivity index (χ1) is 10.1. The summed E-state index contributed by atoms with van der Waals surface area (Å²) in [4.78, 5) is 11.5. The highest BCUT2D eigenvalue weighted by molar-refractivity contribution is 5.70. The molecule has 0 aliphatic carbocycles. The number of unbranched alkanes of at least 4 members (excludes halogenated alkanes) is 2. The van der Waals surface area contributed by atoms with Crippen molar-refractivity contribution in [3.05, 3.63) is 35.6 Å². The zero-order valence-electron chi connectivity index (χ0n) is 12.6. The lowest BCUT2D eigenvalue weighted by Crippen LogP contribution is -2.37. The molecule has 0 amide bonds. The molecular formula is C16H24FNO3. The Balaban J connectivity index is 2.68. The van der Waals surface area contributed by atoms with Crippen molar-refractivity contribution < 1.29 is 19.0 Å². The first kappa shape index (κ1) is 17.6. The Kier molecular flexibility index (Phi) is 7.93. The molecule has 0 heterocycles. The molecule has 118 valence electrons. The van der Waals surface area contributed by atoms with Crippen LogP contribution in [0.5, 0.6) is 0 Å². The quantitative estimate of drug-likeness (QED) is 0.543. The van der Waals surface area contributed by atoms with Gasteiger partial charge in [-0.05, 0) is 30.7 Å². The monoisotopic (exact) mass is 297 g/mol. The Morgan fingerprint density at radius 3 is 2.57 bits per heavy atom. The summed E-state index contributed by atoms with van der Waals surface area (Å²) in [5, 5.41) is 13.6. The van der Waals surface area contributed by atoms with Crippen LogP contribution in [0.2, 0.25) is 0 Å². The minimum atomic E-state index is -0.883. The van der Waals surface area contributed by atoms with Gasteiger partial charge in [0.15, 0.2) is 0 Å². The fourth-order valence-electron chi connectivity index (χ4n) is 2.11. The van der Waals surface area contributed by atoms with E-state index < -0.39 is 12.1 Å². The molecular weight excluding hydrogens is 273 g/mol. The van der Waals surface area contributed by atoms with Gasteiger partial charge in [0.1, 0.15) is 5.82 Å². The zero-order valence-corrected chi connectivity index (χ0v) is 12.6. The standard InChI is InChI=1S/C16H24FNO3/c1-3-4-5-10-18-14(11-15(19)21-2)16(20)12-6-8-13(17)9-7-12/h6-9,14,16,18,20H,3-5,10-11H2,1-2H3. The van der Waals surface area contributed by atoms with Crippen molar-refractivity contribution >= 4 is 5.97 Å². The van der Waals surface area contributed by atoms with Crippen LogP contribution in [0, 0.1) is 5.82 Å². The number of esters is 1. The van der Waals surface area contributed by atoms with E-state index in [-0.39, 0.29) is 18.2 Å². The number of aliphatic hydroxyl groups is 1. The van der Waals surface area contributed by atoms with Crippen LogP contribution >= 0.6 is 0 Å². The Morgan fingerprint density at radius 2 is 2.00 bits per heavy atom. The van der Waals surface area contributed by atoms with Crippen molar-refractivity contribution in [2.24, 2.45) is 0 Å². The number of methoxy groups -OCH3 is 1. The molecule has 2 N–H and O–H groups in total. The lowest BCUT2D eigenvalue weighted by atomic mass is 9.99. The second kappa shape index (κ2) is 9.47. The Hall–Kier alpha value is -1.46. The van der Waals surface area contributed by atoms with Gasteiger partial charge < -0.3 is 15.2 Å². The van der Waals surface area contributed by atoms with Gasteiger partial charge in [-0.2, -0.15) is 0 Å². The normalized spacial score (nSPS) is 13.7. The number of hydrogen-bond acceptors (Lipinski definition) is 4. The first-order valence-electron chi connectivity index (χ1n) is 7.32. The van der Waals surface area contributed by atoms with Gasteiger partial charge in [0.25, 0.3) is 0 Å². The molecule has 21 heavy (non-hydrogen) atoms. The molecule has 0 fully saturated rings. The van der Waals surface area contributed by atoms with Crippen molar-refractivity contribution in [3.8, 4) is 0 Å². The summed E-state index contributed by atoms with van der Waals surface area (Å²) in [6.07, 6.45) is 2.35. The van der Waals surface area contributed by atoms with Crippen LogP contribution in [0.3, 0.4) is 0 Å². The maximum absolute atomic E-state index is 12.9. The Labute approximate surface area is 125 Å². The molecule has 2 unspecified atom stereocenters. The van der Waals surface area contributed by atoms with Crippen molar-refractivity contribution in [3.63, 3.8) is 0 Å². The third kappa shape index (κ3) is 6.23. The van der Waals surface area contributed by atoms with E-state index in [1.807, 2.05) is 0 Å². The van der Waals surface area contributed by atoms with E-state index in [1.54, 1.807) is 0 Å². The Morgan fingerprint density at radius 1 is 1.33 bits per heavy atom. The van der Waals surface area contributed by atoms with Crippen LogP contribution in [0.1, 0.15) is 44.3 Å². The van der Waals surface area contributed by atoms with Crippen LogP contribution in [-0.4, -0.2) is 30.8 Å². The molecule has 0 bridgehead atoms. The number of carbonyl (C=O) groups is 1. The Bertz CT molecular complexity index is 422. The molecule has 1 rings (SSSR count). The predicted molar refractivity (Wildman–Crippen MR) is 79.3 cm³/mol. The van der Waals surface area contributed by atoms with Gasteiger partial charge >= 0.3 is 5.97 Å². The maximum Gasteiger partial charge on any atom is 0.307 e. The molecule has 0 saturated heterocycles. The summed E-state index contributed by atoms with van der Waals surface area (Å²) in [6, 6.07) is 5.20. The van der Waals surface area contributed by atoms with Crippen LogP contribution in [0.4, 0.5) is 4.39 Å². The largest absolute Gasteiger partial charge is 0.469 e. The second-order valence-electron chi connectivity index (χ2n) is 5.04. The third-order valence-corrected chi connectivity index (χ3v) is 3.39. The van der Waals surface area contributed by atoms with Crippen LogP contribution < -0.4 is 5.32 Å². The molecule has 0 aliphatic rings. The molecule has 2 atom stereocenters. The number of halogens is 1. The maximum atomic E-state index is 12.9. The van der Waals surface area contributed by atoms with E-state index in [0.29, 0.717) is 12.1 Å². The summed E-state index contributed by atoms with van der Waals surface area (Å²) in [5.41, 5.74) is 0.577. The van der Waals surface area contributed by atoms with E-state index in [2.05, 4.69) is 17.0 Å². The van der Waals surface area contributed by atoms with E-state index >= 15 is 0 Å². The number of carbonyl (C=O) groups excluding carboxylic acids is 1. The summed E-state index contributed by atoms with van der Waals surface area (Å²) in [7, 11) is 1.32. The summed E-state index contributed by atoms with van der Waals surface area (Å²) in [5.74, 6) is -0.740. The first-order valence-corrected chi connectivity index (χ1v) is 7.32. The molecule has 4 nitrogen and oxygen atoms in total. The van der Waals surface area contributed by atoms with Gasteiger partial charge in [0.05, 0.1) is 19.6 Å². The fourth-order valence-corrected chi connectivity index (χ4v) is 2.11. The molecule has 0 saturated carbocycles. The summed E-state index contributed by atoms with van der Waals surface area (Å²) >= 11 is 0. The molecule has 0 radical (unpaired) electrons. The minimum absolute atomic E-state index is 0.0706. The molecule has 0 aliphatic heterocycles. The number of aliphatic hydroxyl groups excluding tert-OH is 1. The van der Waals surface area contributed by atoms with E-state index in [0.717, 1.165) is 19.3 Å². The van der Waals surface area contributed by atoms with Gasteiger partial charge in [-0.1, -0.05) is 31.9 Å². The fraction of sp³-hybridized carbons (Fsp3) is 0.562. The number of nitrogens with one attached hydrogen (secondary N) is 1. The smallest absolute Gasteiger partial charge is 0.307 e. The highest BCUT2D eigenvalue weighted by Gasteiger charge is 2.23. The zero-order chi connectivity index (χ0) is 15.7. The number of ether oxygens (including phenoxy) is 1. The van der Waals surface area contributed by atoms with Crippen molar-refractivity contribution in [1.82, 2.24) is 5.32 Å². The summed E-state index contributed by atoms with van der Waals surface area (Å²) < 4.78 is 17.6. The highest BCUT2D eigenvalue weighted by atomic mass is 19.1. The minimum Gasteiger partial charge on any atom is -0.469 e. The van der Waals surface area contributed by atoms with Gasteiger partial charge in [0, 0.05) is 6.04 Å². The molecule has 1 aromatic carbocycles. The average molecular weight is 297 g/mol. The number of benzene rings is 1. The van der Waals surface area contributed by atoms with Gasteiger partial charge in [0.2, 0.25) is 0 Å². The molecule has 5 heteroatoms. The van der Waals surface area contributed by atoms with Crippen molar-refractivity contribution in [1.29, 1.82) is 0 Å². The van der Waals surface area contributed by atoms with E-state index in [1.165, 1.54) is 31.4 Å². The SMILES string of the molecule is CCCCCNC(CC(=O)OC)C(O)c1ccc(F)cc1. The molecule has 1 aromatic rings. The molecule has 0 aromatic heterocycles. The topological polar surface area (TPSA) is 58.6 Å². The predicted octanol–water partition coefficient (Wildman–Crippen LogP) is 2.57. The van der Waals surface area contributed by atoms with E-state index in [9.17, 15) is 14.3 Å². The highest BCUT2D eigenvalue weighted by Crippen LogP contribution is 2.20. The third-order valence-electron chi connectivity index (χ3n) is 3.39. The summed E-state index contributed by atoms with van der Waals surface area (Å²) in [6.45, 7) is 2.83. The van der Waals surface area contributed by atoms with Gasteiger partial charge in [-0.25, -0.2) is 4.39 Å².